The van der Waals surface area contributed by atoms with Crippen molar-refractivity contribution in [2.75, 3.05) is 17.3 Å². The number of aromatic nitrogens is 1. The number of hydrogen-bond acceptors (Lipinski definition) is 5. The summed E-state index contributed by atoms with van der Waals surface area (Å²) in [6.45, 7) is 2.06. The molecule has 1 atom stereocenters. The lowest BCUT2D eigenvalue weighted by Crippen LogP contribution is -2.22. The first kappa shape index (κ1) is 14.1. The lowest BCUT2D eigenvalue weighted by molar-refractivity contribution is -0.385. The van der Waals surface area contributed by atoms with E-state index in [-0.39, 0.29) is 16.8 Å². The highest BCUT2D eigenvalue weighted by Gasteiger charge is 2.13. The molecule has 0 spiro atoms. The van der Waals surface area contributed by atoms with Crippen LogP contribution in [0.2, 0.25) is 5.02 Å². The predicted molar refractivity (Wildman–Crippen MR) is 72.0 cm³/mol. The van der Waals surface area contributed by atoms with E-state index in [0.29, 0.717) is 5.82 Å². The van der Waals surface area contributed by atoms with Crippen LogP contribution in [0.5, 0.6) is 0 Å². The molecule has 1 rings (SSSR count). The smallest absolute Gasteiger partial charge is 0.289 e. The van der Waals surface area contributed by atoms with Crippen LogP contribution in [0.4, 0.5) is 11.5 Å². The van der Waals surface area contributed by atoms with Gasteiger partial charge in [-0.05, 0) is 12.7 Å². The second-order valence-corrected chi connectivity index (χ2v) is 4.80. The van der Waals surface area contributed by atoms with Gasteiger partial charge in [0, 0.05) is 17.9 Å². The van der Waals surface area contributed by atoms with Gasteiger partial charge >= 0.3 is 0 Å². The van der Waals surface area contributed by atoms with Gasteiger partial charge in [0.05, 0.1) is 9.95 Å². The predicted octanol–water partition coefficient (Wildman–Crippen LogP) is 3.20. The topological polar surface area (TPSA) is 68.1 Å². The zero-order chi connectivity index (χ0) is 12.8. The molecule has 0 aliphatic carbocycles. The van der Waals surface area contributed by atoms with Crippen molar-refractivity contribution >= 4 is 34.9 Å². The van der Waals surface area contributed by atoms with Crippen molar-refractivity contribution in [3.63, 3.8) is 0 Å². The van der Waals surface area contributed by atoms with E-state index in [1.54, 1.807) is 11.8 Å². The number of anilines is 1. The molecule has 0 aliphatic heterocycles. The van der Waals surface area contributed by atoms with E-state index in [1.807, 2.05) is 6.26 Å². The first-order valence-corrected chi connectivity index (χ1v) is 6.91. The van der Waals surface area contributed by atoms with Gasteiger partial charge in [-0.15, -0.1) is 0 Å². The maximum atomic E-state index is 10.5. The SMILES string of the molecule is CCC(CSC)Nc1ncc([N+](=O)[O-])cc1Cl. The molecule has 7 heteroatoms. The molecule has 0 bridgehead atoms. The van der Waals surface area contributed by atoms with Gasteiger partial charge in [0.25, 0.3) is 5.69 Å². The Morgan fingerprint density at radius 1 is 1.71 bits per heavy atom. The molecule has 1 aromatic heterocycles. The molecule has 1 heterocycles. The highest BCUT2D eigenvalue weighted by Crippen LogP contribution is 2.25. The number of nitrogens with one attached hydrogen (secondary N) is 1. The summed E-state index contributed by atoms with van der Waals surface area (Å²) in [6, 6.07) is 1.57. The molecule has 0 saturated heterocycles. The summed E-state index contributed by atoms with van der Waals surface area (Å²) >= 11 is 7.66. The van der Waals surface area contributed by atoms with E-state index in [9.17, 15) is 10.1 Å². The number of rotatable bonds is 6. The fourth-order valence-corrected chi connectivity index (χ4v) is 2.23. The summed E-state index contributed by atoms with van der Waals surface area (Å²) in [6.07, 6.45) is 4.17. The molecule has 1 unspecified atom stereocenters. The Kier molecular flexibility index (Phi) is 5.50. The van der Waals surface area contributed by atoms with Crippen molar-refractivity contribution in [3.05, 3.63) is 27.4 Å². The summed E-state index contributed by atoms with van der Waals surface area (Å²) in [7, 11) is 0. The maximum Gasteiger partial charge on any atom is 0.289 e. The molecule has 17 heavy (non-hydrogen) atoms. The number of halogens is 1. The van der Waals surface area contributed by atoms with Gasteiger partial charge in [0.1, 0.15) is 12.0 Å². The van der Waals surface area contributed by atoms with Crippen LogP contribution < -0.4 is 5.32 Å². The number of pyridine rings is 1. The zero-order valence-electron chi connectivity index (χ0n) is 9.64. The normalized spacial score (nSPS) is 12.2. The molecule has 1 N–H and O–H groups in total. The third-order valence-corrected chi connectivity index (χ3v) is 3.26. The first-order chi connectivity index (χ1) is 8.08. The molecule has 1 aromatic rings. The number of nitrogens with zero attached hydrogens (tertiary/aromatic N) is 2. The zero-order valence-corrected chi connectivity index (χ0v) is 11.2. The minimum atomic E-state index is -0.512. The van der Waals surface area contributed by atoms with Gasteiger partial charge in [-0.1, -0.05) is 18.5 Å². The van der Waals surface area contributed by atoms with Gasteiger partial charge in [-0.3, -0.25) is 10.1 Å². The van der Waals surface area contributed by atoms with E-state index in [4.69, 9.17) is 11.6 Å². The monoisotopic (exact) mass is 275 g/mol. The quantitative estimate of drug-likeness (QED) is 0.638. The van der Waals surface area contributed by atoms with Crippen LogP contribution in [0.25, 0.3) is 0 Å². The Morgan fingerprint density at radius 3 is 2.88 bits per heavy atom. The van der Waals surface area contributed by atoms with Crippen molar-refractivity contribution in [1.82, 2.24) is 4.98 Å². The Balaban J connectivity index is 2.81. The largest absolute Gasteiger partial charge is 0.365 e. The first-order valence-electron chi connectivity index (χ1n) is 5.13. The molecular weight excluding hydrogens is 262 g/mol. The van der Waals surface area contributed by atoms with E-state index in [0.717, 1.165) is 12.2 Å². The molecule has 5 nitrogen and oxygen atoms in total. The molecule has 0 aliphatic rings. The summed E-state index contributed by atoms with van der Waals surface area (Å²) in [5.41, 5.74) is -0.0986. The van der Waals surface area contributed by atoms with Crippen LogP contribution in [-0.4, -0.2) is 28.0 Å². The Labute approximate surface area is 109 Å². The fraction of sp³-hybridized carbons (Fsp3) is 0.500. The Bertz CT molecular complexity index is 403. The highest BCUT2D eigenvalue weighted by molar-refractivity contribution is 7.98. The molecule has 94 valence electrons. The van der Waals surface area contributed by atoms with Crippen molar-refractivity contribution in [1.29, 1.82) is 0 Å². The standard InChI is InChI=1S/C10H14ClN3O2S/c1-3-7(6-17-2)13-10-9(11)4-8(5-12-10)14(15)16/h4-5,7H,3,6H2,1-2H3,(H,12,13). The summed E-state index contributed by atoms with van der Waals surface area (Å²) < 4.78 is 0. The maximum absolute atomic E-state index is 10.5. The van der Waals surface area contributed by atoms with Crippen molar-refractivity contribution in [2.24, 2.45) is 0 Å². The van der Waals surface area contributed by atoms with Crippen molar-refractivity contribution < 1.29 is 4.92 Å². The number of nitro groups is 1. The van der Waals surface area contributed by atoms with E-state index in [1.165, 1.54) is 12.3 Å². The Morgan fingerprint density at radius 2 is 2.41 bits per heavy atom. The van der Waals surface area contributed by atoms with Crippen LogP contribution in [0.15, 0.2) is 12.3 Å². The van der Waals surface area contributed by atoms with Crippen LogP contribution >= 0.6 is 23.4 Å². The minimum Gasteiger partial charge on any atom is -0.365 e. The highest BCUT2D eigenvalue weighted by atomic mass is 35.5. The lowest BCUT2D eigenvalue weighted by atomic mass is 10.2. The second-order valence-electron chi connectivity index (χ2n) is 3.49. The van der Waals surface area contributed by atoms with Crippen LogP contribution in [0.1, 0.15) is 13.3 Å². The average molecular weight is 276 g/mol. The summed E-state index contributed by atoms with van der Waals surface area (Å²) in [4.78, 5) is 14.0. The van der Waals surface area contributed by atoms with Gasteiger partial charge in [0.2, 0.25) is 0 Å². The van der Waals surface area contributed by atoms with Crippen LogP contribution in [-0.2, 0) is 0 Å². The van der Waals surface area contributed by atoms with Gasteiger partial charge in [-0.25, -0.2) is 4.98 Å². The van der Waals surface area contributed by atoms with Crippen molar-refractivity contribution in [3.8, 4) is 0 Å². The van der Waals surface area contributed by atoms with E-state index in [2.05, 4.69) is 17.2 Å². The Hall–Kier alpha value is -1.01. The molecule has 0 aromatic carbocycles. The molecular formula is C10H14ClN3O2S. The lowest BCUT2D eigenvalue weighted by Gasteiger charge is -2.16. The fourth-order valence-electron chi connectivity index (χ4n) is 1.29. The molecule has 0 radical (unpaired) electrons. The summed E-state index contributed by atoms with van der Waals surface area (Å²) in [5, 5.41) is 14.0. The van der Waals surface area contributed by atoms with E-state index >= 15 is 0 Å². The van der Waals surface area contributed by atoms with E-state index < -0.39 is 4.92 Å². The molecule has 0 amide bonds. The van der Waals surface area contributed by atoms with Gasteiger partial charge in [-0.2, -0.15) is 11.8 Å². The summed E-state index contributed by atoms with van der Waals surface area (Å²) in [5.74, 6) is 1.43. The van der Waals surface area contributed by atoms with Crippen LogP contribution in [0, 0.1) is 10.1 Å². The molecule has 0 saturated carbocycles. The van der Waals surface area contributed by atoms with Crippen molar-refractivity contribution in [2.45, 2.75) is 19.4 Å². The average Bonchev–Trinajstić information content (AvgIpc) is 2.30. The number of hydrogen-bond donors (Lipinski definition) is 1. The number of thioether (sulfide) groups is 1. The minimum absolute atomic E-state index is 0.0986. The van der Waals surface area contributed by atoms with Gasteiger partial charge < -0.3 is 5.32 Å². The third kappa shape index (κ3) is 4.05. The second kappa shape index (κ2) is 6.66. The molecule has 0 fully saturated rings. The van der Waals surface area contributed by atoms with Crippen LogP contribution in [0.3, 0.4) is 0 Å². The van der Waals surface area contributed by atoms with Gasteiger partial charge in [0.15, 0.2) is 0 Å². The third-order valence-electron chi connectivity index (χ3n) is 2.24.